The molecule has 1 aliphatic rings. The first kappa shape index (κ1) is 19.2. The molecule has 0 saturated carbocycles. The lowest BCUT2D eigenvalue weighted by Crippen LogP contribution is -2.51. The van der Waals surface area contributed by atoms with E-state index in [1.165, 1.54) is 12.1 Å². The number of halogens is 3. The minimum Gasteiger partial charge on any atom is -0.333 e. The molecule has 1 unspecified atom stereocenters. The normalized spacial score (nSPS) is 17.4. The van der Waals surface area contributed by atoms with Gasteiger partial charge in [-0.1, -0.05) is 18.2 Å². The van der Waals surface area contributed by atoms with Crippen LogP contribution in [0.2, 0.25) is 0 Å². The minimum absolute atomic E-state index is 0.260. The van der Waals surface area contributed by atoms with E-state index in [0.717, 1.165) is 17.7 Å². The Morgan fingerprint density at radius 1 is 1.15 bits per heavy atom. The van der Waals surface area contributed by atoms with Crippen molar-refractivity contribution in [1.29, 1.82) is 0 Å². The molecular weight excluding hydrogens is 355 g/mol. The van der Waals surface area contributed by atoms with Gasteiger partial charge in [-0.2, -0.15) is 13.2 Å². The van der Waals surface area contributed by atoms with Gasteiger partial charge < -0.3 is 10.2 Å². The van der Waals surface area contributed by atoms with Crippen molar-refractivity contribution in [2.75, 3.05) is 6.54 Å². The number of alkyl halides is 3. The number of carbonyl (C=O) groups excluding carboxylic acids is 1. The maximum Gasteiger partial charge on any atom is 0.416 e. The van der Waals surface area contributed by atoms with E-state index in [9.17, 15) is 18.0 Å². The number of nitrogens with zero attached hydrogens (tertiary/aromatic N) is 2. The highest BCUT2D eigenvalue weighted by molar-refractivity contribution is 5.76. The van der Waals surface area contributed by atoms with Crippen LogP contribution in [0.1, 0.15) is 49.2 Å². The smallest absolute Gasteiger partial charge is 0.333 e. The van der Waals surface area contributed by atoms with Crippen molar-refractivity contribution in [1.82, 2.24) is 15.2 Å². The van der Waals surface area contributed by atoms with Crippen LogP contribution < -0.4 is 5.32 Å². The second-order valence-corrected chi connectivity index (χ2v) is 7.69. The summed E-state index contributed by atoms with van der Waals surface area (Å²) >= 11 is 0. The van der Waals surface area contributed by atoms with Gasteiger partial charge in [-0.05, 0) is 56.5 Å². The maximum atomic E-state index is 12.9. The Hall–Kier alpha value is -2.57. The van der Waals surface area contributed by atoms with Crippen LogP contribution in [0.15, 0.2) is 42.6 Å². The molecule has 0 saturated heterocycles. The summed E-state index contributed by atoms with van der Waals surface area (Å²) in [6, 6.07) is 7.93. The molecule has 0 bridgehead atoms. The number of benzene rings is 1. The molecular formula is C20H22F3N3O. The highest BCUT2D eigenvalue weighted by Gasteiger charge is 2.35. The third kappa shape index (κ3) is 4.23. The molecule has 3 rings (SSSR count). The van der Waals surface area contributed by atoms with Crippen LogP contribution in [0.25, 0.3) is 0 Å². The summed E-state index contributed by atoms with van der Waals surface area (Å²) in [5.74, 6) is 0. The van der Waals surface area contributed by atoms with Gasteiger partial charge in [-0.3, -0.25) is 4.98 Å². The predicted octanol–water partition coefficient (Wildman–Crippen LogP) is 4.56. The molecule has 4 nitrogen and oxygen atoms in total. The molecule has 0 radical (unpaired) electrons. The second kappa shape index (κ2) is 6.87. The summed E-state index contributed by atoms with van der Waals surface area (Å²) in [5, 5.41) is 2.93. The lowest BCUT2D eigenvalue weighted by molar-refractivity contribution is -0.137. The summed E-state index contributed by atoms with van der Waals surface area (Å²) in [6.07, 6.45) is -2.11. The first-order chi connectivity index (χ1) is 12.6. The number of pyridine rings is 1. The van der Waals surface area contributed by atoms with Gasteiger partial charge in [0.05, 0.1) is 11.3 Å². The Balaban J connectivity index is 2.02. The van der Waals surface area contributed by atoms with Crippen LogP contribution in [0, 0.1) is 0 Å². The number of urea groups is 1. The highest BCUT2D eigenvalue weighted by Crippen LogP contribution is 2.36. The zero-order valence-electron chi connectivity index (χ0n) is 15.5. The van der Waals surface area contributed by atoms with Crippen molar-refractivity contribution >= 4 is 6.03 Å². The lowest BCUT2D eigenvalue weighted by atomic mass is 9.92. The summed E-state index contributed by atoms with van der Waals surface area (Å²) < 4.78 is 38.7. The van der Waals surface area contributed by atoms with E-state index in [4.69, 9.17) is 0 Å². The number of aromatic nitrogens is 1. The standard InChI is InChI=1S/C20H22F3N3O/c1-19(2,3)25-18(27)26-12-10-13-5-4-11-24-16(13)17(26)14-6-8-15(9-7-14)20(21,22)23/h4-9,11,17H,10,12H2,1-3H3,(H,25,27). The first-order valence-electron chi connectivity index (χ1n) is 8.76. The van der Waals surface area contributed by atoms with Crippen molar-refractivity contribution in [3.05, 3.63) is 65.0 Å². The molecule has 2 heterocycles. The van der Waals surface area contributed by atoms with Crippen molar-refractivity contribution < 1.29 is 18.0 Å². The van der Waals surface area contributed by atoms with Crippen molar-refractivity contribution in [2.24, 2.45) is 0 Å². The average molecular weight is 377 g/mol. The van der Waals surface area contributed by atoms with Crippen molar-refractivity contribution in [3.8, 4) is 0 Å². The fourth-order valence-electron chi connectivity index (χ4n) is 3.23. The van der Waals surface area contributed by atoms with E-state index in [1.807, 2.05) is 32.9 Å². The van der Waals surface area contributed by atoms with Crippen molar-refractivity contribution in [2.45, 2.75) is 44.9 Å². The molecule has 0 fully saturated rings. The Morgan fingerprint density at radius 2 is 1.81 bits per heavy atom. The van der Waals surface area contributed by atoms with E-state index in [0.29, 0.717) is 24.2 Å². The molecule has 0 aliphatic carbocycles. The zero-order chi connectivity index (χ0) is 19.8. The maximum absolute atomic E-state index is 12.9. The zero-order valence-corrected chi connectivity index (χ0v) is 15.5. The number of hydrogen-bond acceptors (Lipinski definition) is 2. The monoisotopic (exact) mass is 377 g/mol. The molecule has 1 aromatic heterocycles. The van der Waals surface area contributed by atoms with Gasteiger partial charge in [-0.25, -0.2) is 4.79 Å². The summed E-state index contributed by atoms with van der Waals surface area (Å²) in [7, 11) is 0. The Morgan fingerprint density at radius 3 is 2.41 bits per heavy atom. The molecule has 1 atom stereocenters. The second-order valence-electron chi connectivity index (χ2n) is 7.69. The quantitative estimate of drug-likeness (QED) is 0.792. The molecule has 1 aliphatic heterocycles. The fourth-order valence-corrected chi connectivity index (χ4v) is 3.23. The van der Waals surface area contributed by atoms with Crippen LogP contribution >= 0.6 is 0 Å². The van der Waals surface area contributed by atoms with Gasteiger partial charge in [0.2, 0.25) is 0 Å². The van der Waals surface area contributed by atoms with E-state index >= 15 is 0 Å². The third-order valence-electron chi connectivity index (χ3n) is 4.42. The average Bonchev–Trinajstić information content (AvgIpc) is 2.58. The molecule has 144 valence electrons. The highest BCUT2D eigenvalue weighted by atomic mass is 19.4. The largest absolute Gasteiger partial charge is 0.416 e. The number of nitrogens with one attached hydrogen (secondary N) is 1. The van der Waals surface area contributed by atoms with Crippen molar-refractivity contribution in [3.63, 3.8) is 0 Å². The predicted molar refractivity (Wildman–Crippen MR) is 96.2 cm³/mol. The van der Waals surface area contributed by atoms with Crippen LogP contribution in [-0.2, 0) is 12.6 Å². The molecule has 1 aromatic carbocycles. The number of carbonyl (C=O) groups is 1. The van der Waals surface area contributed by atoms with Gasteiger partial charge in [0.25, 0.3) is 0 Å². The van der Waals surface area contributed by atoms with E-state index in [2.05, 4.69) is 10.3 Å². The van der Waals surface area contributed by atoms with Gasteiger partial charge in [0.1, 0.15) is 6.04 Å². The summed E-state index contributed by atoms with van der Waals surface area (Å²) in [4.78, 5) is 18.9. The van der Waals surface area contributed by atoms with Crippen LogP contribution in [-0.4, -0.2) is 28.0 Å². The topological polar surface area (TPSA) is 45.2 Å². The van der Waals surface area contributed by atoms with Gasteiger partial charge in [-0.15, -0.1) is 0 Å². The Labute approximate surface area is 156 Å². The van der Waals surface area contributed by atoms with E-state index in [-0.39, 0.29) is 6.03 Å². The molecule has 2 amide bonds. The van der Waals surface area contributed by atoms with Gasteiger partial charge in [0.15, 0.2) is 0 Å². The summed E-state index contributed by atoms with van der Waals surface area (Å²) in [6.45, 7) is 6.11. The molecule has 7 heteroatoms. The molecule has 0 spiro atoms. The van der Waals surface area contributed by atoms with Gasteiger partial charge in [0, 0.05) is 18.3 Å². The van der Waals surface area contributed by atoms with Gasteiger partial charge >= 0.3 is 12.2 Å². The SMILES string of the molecule is CC(C)(C)NC(=O)N1CCc2cccnc2C1c1ccc(C(F)(F)F)cc1. The van der Waals surface area contributed by atoms with Crippen LogP contribution in [0.3, 0.4) is 0 Å². The van der Waals surface area contributed by atoms with E-state index < -0.39 is 23.3 Å². The fraction of sp³-hybridized carbons (Fsp3) is 0.400. The molecule has 27 heavy (non-hydrogen) atoms. The number of rotatable bonds is 1. The van der Waals surface area contributed by atoms with Crippen LogP contribution in [0.5, 0.6) is 0 Å². The van der Waals surface area contributed by atoms with Crippen LogP contribution in [0.4, 0.5) is 18.0 Å². The Bertz CT molecular complexity index is 826. The number of hydrogen-bond donors (Lipinski definition) is 1. The molecule has 2 aromatic rings. The first-order valence-corrected chi connectivity index (χ1v) is 8.76. The lowest BCUT2D eigenvalue weighted by Gasteiger charge is -2.38. The number of fused-ring (bicyclic) bond motifs is 1. The summed E-state index contributed by atoms with van der Waals surface area (Å²) in [5.41, 5.74) is 1.17. The Kier molecular flexibility index (Phi) is 4.88. The number of amides is 2. The minimum atomic E-state index is -4.40. The molecule has 1 N–H and O–H groups in total. The third-order valence-corrected chi connectivity index (χ3v) is 4.42. The van der Waals surface area contributed by atoms with E-state index in [1.54, 1.807) is 11.1 Å².